The van der Waals surface area contributed by atoms with E-state index in [-0.39, 0.29) is 11.9 Å². The lowest BCUT2D eigenvalue weighted by molar-refractivity contribution is -0.140. The van der Waals surface area contributed by atoms with Gasteiger partial charge in [-0.05, 0) is 38.0 Å². The average Bonchev–Trinajstić information content (AvgIpc) is 3.28. The molecule has 0 unspecified atom stereocenters. The molecule has 0 saturated heterocycles. The van der Waals surface area contributed by atoms with Crippen LogP contribution in [0.15, 0.2) is 18.2 Å². The molecule has 0 aliphatic heterocycles. The fourth-order valence-corrected chi connectivity index (χ4v) is 2.39. The Balaban J connectivity index is 2.02. The van der Waals surface area contributed by atoms with Crippen molar-refractivity contribution >= 4 is 11.9 Å². The van der Waals surface area contributed by atoms with Gasteiger partial charge in [0.2, 0.25) is 5.91 Å². The van der Waals surface area contributed by atoms with Gasteiger partial charge in [-0.2, -0.15) is 0 Å². The van der Waals surface area contributed by atoms with Gasteiger partial charge >= 0.3 is 5.97 Å². The second-order valence-electron chi connectivity index (χ2n) is 5.36. The molecule has 0 spiro atoms. The van der Waals surface area contributed by atoms with Gasteiger partial charge in [-0.25, -0.2) is 0 Å². The Morgan fingerprint density at radius 3 is 2.64 bits per heavy atom. The quantitative estimate of drug-likeness (QED) is 0.804. The summed E-state index contributed by atoms with van der Waals surface area (Å²) in [5.41, 5.74) is 0.876. The first-order valence-corrected chi connectivity index (χ1v) is 7.31. The molecular weight excluding hydrogens is 286 g/mol. The maximum atomic E-state index is 12.0. The Morgan fingerprint density at radius 2 is 2.09 bits per heavy atom. The number of nitrogens with one attached hydrogen (secondary N) is 1. The fourth-order valence-electron chi connectivity index (χ4n) is 2.39. The predicted molar refractivity (Wildman–Crippen MR) is 80.0 cm³/mol. The Kier molecular flexibility index (Phi) is 4.90. The van der Waals surface area contributed by atoms with Crippen LogP contribution in [-0.2, 0) is 9.59 Å². The zero-order valence-corrected chi connectivity index (χ0v) is 13.0. The summed E-state index contributed by atoms with van der Waals surface area (Å²) < 4.78 is 10.7. The van der Waals surface area contributed by atoms with Gasteiger partial charge in [-0.3, -0.25) is 9.59 Å². The highest BCUT2D eigenvalue weighted by molar-refractivity contribution is 5.89. The summed E-state index contributed by atoms with van der Waals surface area (Å²) in [6, 6.07) is 5.25. The standard InChI is InChI=1S/C16H21NO5/c1-4-22-13-6-5-10(7-14(13)21-3)9(2)17-15(18)11-8-12(11)16(19)20/h5-7,9,11-12H,4,8H2,1-3H3,(H,17,18)(H,19,20)/t9-,11-,12+/m0/s1. The van der Waals surface area contributed by atoms with E-state index in [1.54, 1.807) is 13.2 Å². The first kappa shape index (κ1) is 16.1. The number of ether oxygens (including phenoxy) is 2. The van der Waals surface area contributed by atoms with E-state index in [4.69, 9.17) is 14.6 Å². The molecule has 1 amide bonds. The number of aliphatic carboxylic acids is 1. The second-order valence-corrected chi connectivity index (χ2v) is 5.36. The van der Waals surface area contributed by atoms with Crippen LogP contribution in [0, 0.1) is 11.8 Å². The summed E-state index contributed by atoms with van der Waals surface area (Å²) in [5, 5.41) is 11.7. The summed E-state index contributed by atoms with van der Waals surface area (Å²) in [6.45, 7) is 4.29. The SMILES string of the molecule is CCOc1ccc([C@H](C)NC(=O)[C@H]2C[C@H]2C(=O)O)cc1OC. The third-order valence-corrected chi connectivity index (χ3v) is 3.79. The van der Waals surface area contributed by atoms with Gasteiger partial charge in [-0.15, -0.1) is 0 Å². The molecule has 0 aromatic heterocycles. The zero-order chi connectivity index (χ0) is 16.3. The summed E-state index contributed by atoms with van der Waals surface area (Å²) in [5.74, 6) is -0.814. The van der Waals surface area contributed by atoms with E-state index in [1.807, 2.05) is 26.0 Å². The molecule has 22 heavy (non-hydrogen) atoms. The number of amides is 1. The lowest BCUT2D eigenvalue weighted by Crippen LogP contribution is -2.29. The molecule has 2 rings (SSSR count). The van der Waals surface area contributed by atoms with Crippen molar-refractivity contribution in [2.24, 2.45) is 11.8 Å². The fraction of sp³-hybridized carbons (Fsp3) is 0.500. The lowest BCUT2D eigenvalue weighted by atomic mass is 10.1. The van der Waals surface area contributed by atoms with Crippen LogP contribution in [0.5, 0.6) is 11.5 Å². The van der Waals surface area contributed by atoms with Crippen molar-refractivity contribution in [3.05, 3.63) is 23.8 Å². The normalized spacial score (nSPS) is 20.9. The number of carboxylic acid groups (broad SMARTS) is 1. The summed E-state index contributed by atoms with van der Waals surface area (Å²) >= 11 is 0. The molecule has 6 nitrogen and oxygen atoms in total. The molecule has 1 fully saturated rings. The largest absolute Gasteiger partial charge is 0.493 e. The van der Waals surface area contributed by atoms with Crippen molar-refractivity contribution in [2.75, 3.05) is 13.7 Å². The summed E-state index contributed by atoms with van der Waals surface area (Å²) in [6.07, 6.45) is 0.417. The van der Waals surface area contributed by atoms with Gasteiger partial charge in [0, 0.05) is 0 Å². The Labute approximate surface area is 129 Å². The van der Waals surface area contributed by atoms with Crippen molar-refractivity contribution in [3.63, 3.8) is 0 Å². The molecule has 0 radical (unpaired) electrons. The first-order chi connectivity index (χ1) is 10.5. The van der Waals surface area contributed by atoms with Gasteiger partial charge in [-0.1, -0.05) is 6.07 Å². The van der Waals surface area contributed by atoms with Crippen LogP contribution >= 0.6 is 0 Å². The predicted octanol–water partition coefficient (Wildman–Crippen LogP) is 1.99. The van der Waals surface area contributed by atoms with E-state index in [2.05, 4.69) is 5.32 Å². The van der Waals surface area contributed by atoms with Gasteiger partial charge < -0.3 is 19.9 Å². The van der Waals surface area contributed by atoms with Crippen LogP contribution < -0.4 is 14.8 Å². The number of hydrogen-bond donors (Lipinski definition) is 2. The minimum absolute atomic E-state index is 0.215. The number of methoxy groups -OCH3 is 1. The zero-order valence-electron chi connectivity index (χ0n) is 13.0. The number of benzene rings is 1. The van der Waals surface area contributed by atoms with Crippen molar-refractivity contribution < 1.29 is 24.2 Å². The van der Waals surface area contributed by atoms with Crippen molar-refractivity contribution in [3.8, 4) is 11.5 Å². The minimum atomic E-state index is -0.907. The molecule has 1 aliphatic rings. The maximum absolute atomic E-state index is 12.0. The van der Waals surface area contributed by atoms with Crippen molar-refractivity contribution in [2.45, 2.75) is 26.3 Å². The van der Waals surface area contributed by atoms with E-state index in [0.29, 0.717) is 24.5 Å². The lowest BCUT2D eigenvalue weighted by Gasteiger charge is -2.17. The van der Waals surface area contributed by atoms with Gasteiger partial charge in [0.25, 0.3) is 0 Å². The highest BCUT2D eigenvalue weighted by atomic mass is 16.5. The Hall–Kier alpha value is -2.24. The van der Waals surface area contributed by atoms with Crippen molar-refractivity contribution in [1.82, 2.24) is 5.32 Å². The molecule has 120 valence electrons. The average molecular weight is 307 g/mol. The van der Waals surface area contributed by atoms with Crippen molar-refractivity contribution in [1.29, 1.82) is 0 Å². The molecule has 1 aromatic carbocycles. The molecule has 0 bridgehead atoms. The Bertz CT molecular complexity index is 572. The number of hydrogen-bond acceptors (Lipinski definition) is 4. The Morgan fingerprint density at radius 1 is 1.36 bits per heavy atom. The maximum Gasteiger partial charge on any atom is 0.307 e. The molecule has 6 heteroatoms. The number of rotatable bonds is 7. The smallest absolute Gasteiger partial charge is 0.307 e. The van der Waals surface area contributed by atoms with Crippen LogP contribution in [-0.4, -0.2) is 30.7 Å². The molecule has 3 atom stereocenters. The summed E-state index contributed by atoms with van der Waals surface area (Å²) in [4.78, 5) is 22.8. The first-order valence-electron chi connectivity index (χ1n) is 7.31. The van der Waals surface area contributed by atoms with E-state index in [9.17, 15) is 9.59 Å². The number of carbonyl (C=O) groups is 2. The molecule has 1 aromatic rings. The molecule has 0 heterocycles. The van der Waals surface area contributed by atoms with Crippen LogP contribution in [0.4, 0.5) is 0 Å². The van der Waals surface area contributed by atoms with E-state index >= 15 is 0 Å². The van der Waals surface area contributed by atoms with E-state index in [1.165, 1.54) is 0 Å². The molecule has 2 N–H and O–H groups in total. The third-order valence-electron chi connectivity index (χ3n) is 3.79. The summed E-state index contributed by atoms with van der Waals surface area (Å²) in [7, 11) is 1.56. The van der Waals surface area contributed by atoms with Gasteiger partial charge in [0.05, 0.1) is 31.6 Å². The van der Waals surface area contributed by atoms with Gasteiger partial charge in [0.1, 0.15) is 0 Å². The van der Waals surface area contributed by atoms with E-state index < -0.39 is 17.8 Å². The van der Waals surface area contributed by atoms with Crippen LogP contribution in [0.1, 0.15) is 31.9 Å². The van der Waals surface area contributed by atoms with E-state index in [0.717, 1.165) is 5.56 Å². The van der Waals surface area contributed by atoms with Gasteiger partial charge in [0.15, 0.2) is 11.5 Å². The third kappa shape index (κ3) is 3.50. The number of carboxylic acids is 1. The highest BCUT2D eigenvalue weighted by Gasteiger charge is 2.48. The topological polar surface area (TPSA) is 84.9 Å². The van der Waals surface area contributed by atoms with Crippen LogP contribution in [0.2, 0.25) is 0 Å². The van der Waals surface area contributed by atoms with Crippen LogP contribution in [0.25, 0.3) is 0 Å². The highest BCUT2D eigenvalue weighted by Crippen LogP contribution is 2.39. The number of carbonyl (C=O) groups excluding carboxylic acids is 1. The monoisotopic (exact) mass is 307 g/mol. The van der Waals surface area contributed by atoms with Crippen LogP contribution in [0.3, 0.4) is 0 Å². The molecule has 1 saturated carbocycles. The molecule has 1 aliphatic carbocycles. The second kappa shape index (κ2) is 6.68. The minimum Gasteiger partial charge on any atom is -0.493 e. The molecular formula is C16H21NO5.